The number of carboxylic acids is 1. The van der Waals surface area contributed by atoms with Gasteiger partial charge in [0.15, 0.2) is 0 Å². The summed E-state index contributed by atoms with van der Waals surface area (Å²) in [4.78, 5) is 33.8. The third kappa shape index (κ3) is 4.81. The molecule has 0 aliphatic heterocycles. The highest BCUT2D eigenvalue weighted by molar-refractivity contribution is 6.34. The topological polar surface area (TPSA) is 95.1 Å². The molecular weight excluding hydrogens is 498 g/mol. The molecule has 2 aliphatic carbocycles. The Labute approximate surface area is 226 Å². The van der Waals surface area contributed by atoms with Crippen LogP contribution in [-0.2, 0) is 0 Å². The molecule has 1 atom stereocenters. The summed E-state index contributed by atoms with van der Waals surface area (Å²) >= 11 is 6.67. The lowest BCUT2D eigenvalue weighted by molar-refractivity contribution is 0.0697. The van der Waals surface area contributed by atoms with Gasteiger partial charge in [-0.15, -0.1) is 0 Å². The largest absolute Gasteiger partial charge is 0.478 e. The maximum Gasteiger partial charge on any atom is 0.336 e. The molecule has 7 heteroatoms. The molecule has 3 aromatic carbocycles. The number of rotatable bonds is 7. The monoisotopic (exact) mass is 527 g/mol. The minimum atomic E-state index is -1.11. The van der Waals surface area contributed by atoms with Gasteiger partial charge in [0.05, 0.1) is 16.6 Å². The van der Waals surface area contributed by atoms with Gasteiger partial charge in [0.2, 0.25) is 0 Å². The van der Waals surface area contributed by atoms with E-state index < -0.39 is 5.97 Å². The lowest BCUT2D eigenvalue weighted by Gasteiger charge is -2.31. The Morgan fingerprint density at radius 3 is 2.42 bits per heavy atom. The van der Waals surface area contributed by atoms with Gasteiger partial charge in [0.25, 0.3) is 5.91 Å². The maximum atomic E-state index is 13.4. The van der Waals surface area contributed by atoms with Crippen molar-refractivity contribution in [1.82, 2.24) is 15.3 Å². The van der Waals surface area contributed by atoms with Crippen molar-refractivity contribution in [3.63, 3.8) is 0 Å². The van der Waals surface area contributed by atoms with Crippen LogP contribution in [0.15, 0.2) is 60.7 Å². The molecule has 6 rings (SSSR count). The molecule has 2 fully saturated rings. The van der Waals surface area contributed by atoms with Crippen LogP contribution < -0.4 is 5.32 Å². The quantitative estimate of drug-likeness (QED) is 0.234. The van der Waals surface area contributed by atoms with E-state index in [0.29, 0.717) is 44.9 Å². The van der Waals surface area contributed by atoms with Crippen molar-refractivity contribution in [3.05, 3.63) is 76.8 Å². The molecule has 0 radical (unpaired) electrons. The van der Waals surface area contributed by atoms with Gasteiger partial charge in [-0.25, -0.2) is 9.78 Å². The van der Waals surface area contributed by atoms with Crippen LogP contribution >= 0.6 is 11.6 Å². The van der Waals surface area contributed by atoms with Crippen LogP contribution in [-0.4, -0.2) is 33.0 Å². The predicted molar refractivity (Wildman–Crippen MR) is 149 cm³/mol. The Bertz CT molecular complexity index is 1490. The van der Waals surface area contributed by atoms with E-state index in [1.165, 1.54) is 25.3 Å². The number of carbonyl (C=O) groups excluding carboxylic acids is 1. The number of aromatic nitrogens is 2. The molecular formula is C31H30ClN3O3. The Kier molecular flexibility index (Phi) is 6.66. The molecule has 38 heavy (non-hydrogen) atoms. The first-order chi connectivity index (χ1) is 18.5. The van der Waals surface area contributed by atoms with E-state index in [9.17, 15) is 14.7 Å². The number of nitrogens with zero attached hydrogens (tertiary/aromatic N) is 1. The molecule has 3 N–H and O–H groups in total. The zero-order chi connectivity index (χ0) is 26.2. The number of amides is 1. The summed E-state index contributed by atoms with van der Waals surface area (Å²) in [5.41, 5.74) is 3.77. The summed E-state index contributed by atoms with van der Waals surface area (Å²) in [6.45, 7) is 0. The number of fused-ring (bicyclic) bond motifs is 1. The molecule has 4 aromatic rings. The molecule has 1 heterocycles. The molecule has 6 nitrogen and oxygen atoms in total. The average molecular weight is 528 g/mol. The average Bonchev–Trinajstić information content (AvgIpc) is 3.69. The minimum absolute atomic E-state index is 0.0312. The fourth-order valence-electron chi connectivity index (χ4n) is 5.96. The minimum Gasteiger partial charge on any atom is -0.478 e. The van der Waals surface area contributed by atoms with Gasteiger partial charge < -0.3 is 15.4 Å². The van der Waals surface area contributed by atoms with Gasteiger partial charge in [-0.3, -0.25) is 4.79 Å². The van der Waals surface area contributed by atoms with E-state index >= 15 is 0 Å². The maximum absolute atomic E-state index is 13.4. The second-order valence-electron chi connectivity index (χ2n) is 10.6. The SMILES string of the molecule is O=C(N[C@H](C1CCCCC1)C1CC1)c1ccc(-c2c(Cl)cccc2-c2nc3ccccc3[nH]2)c(C(=O)O)c1. The molecule has 2 aliphatic rings. The Hall–Kier alpha value is -3.64. The number of hydrogen-bond donors (Lipinski definition) is 3. The summed E-state index contributed by atoms with van der Waals surface area (Å²) in [5, 5.41) is 13.9. The summed E-state index contributed by atoms with van der Waals surface area (Å²) in [7, 11) is 0. The standard InChI is InChI=1S/C31H30ClN3O3/c32-24-10-6-9-22(29-33-25-11-4-5-12-26(25)34-29)27(24)21-16-15-20(17-23(21)31(37)38)30(36)35-28(19-13-14-19)18-7-2-1-3-8-18/h4-6,9-12,15-19,28H,1-3,7-8,13-14H2,(H,33,34)(H,35,36)(H,37,38)/t28-/m1/s1. The molecule has 194 valence electrons. The van der Waals surface area contributed by atoms with Crippen molar-refractivity contribution in [1.29, 1.82) is 0 Å². The van der Waals surface area contributed by atoms with Crippen LogP contribution in [0.5, 0.6) is 0 Å². The highest BCUT2D eigenvalue weighted by Crippen LogP contribution is 2.41. The smallest absolute Gasteiger partial charge is 0.336 e. The van der Waals surface area contributed by atoms with Crippen molar-refractivity contribution in [2.45, 2.75) is 51.0 Å². The third-order valence-corrected chi connectivity index (χ3v) is 8.34. The van der Waals surface area contributed by atoms with Gasteiger partial charge in [-0.2, -0.15) is 0 Å². The van der Waals surface area contributed by atoms with Gasteiger partial charge in [-0.05, 0) is 73.4 Å². The van der Waals surface area contributed by atoms with Crippen molar-refractivity contribution < 1.29 is 14.7 Å². The molecule has 0 spiro atoms. The Morgan fingerprint density at radius 2 is 1.68 bits per heavy atom. The molecule has 0 bridgehead atoms. The first-order valence-corrected chi connectivity index (χ1v) is 13.8. The van der Waals surface area contributed by atoms with Crippen molar-refractivity contribution in [3.8, 4) is 22.5 Å². The number of benzene rings is 3. The normalized spacial score (nSPS) is 16.9. The first-order valence-electron chi connectivity index (χ1n) is 13.4. The van der Waals surface area contributed by atoms with Gasteiger partial charge in [-0.1, -0.05) is 61.2 Å². The summed E-state index contributed by atoms with van der Waals surface area (Å²) in [6.07, 6.45) is 8.30. The summed E-state index contributed by atoms with van der Waals surface area (Å²) in [6, 6.07) is 18.2. The number of carboxylic acid groups (broad SMARTS) is 1. The van der Waals surface area contributed by atoms with Crippen LogP contribution in [0.3, 0.4) is 0 Å². The number of aromatic carboxylic acids is 1. The van der Waals surface area contributed by atoms with Crippen LogP contribution in [0.25, 0.3) is 33.5 Å². The number of H-pyrrole nitrogens is 1. The third-order valence-electron chi connectivity index (χ3n) is 8.02. The number of carbonyl (C=O) groups is 2. The lowest BCUT2D eigenvalue weighted by atomic mass is 9.82. The summed E-state index contributed by atoms with van der Waals surface area (Å²) in [5.74, 6) is 0.318. The van der Waals surface area contributed by atoms with E-state index in [1.807, 2.05) is 36.4 Å². The Morgan fingerprint density at radius 1 is 0.921 bits per heavy atom. The molecule has 0 unspecified atom stereocenters. The van der Waals surface area contributed by atoms with Crippen molar-refractivity contribution in [2.24, 2.45) is 11.8 Å². The van der Waals surface area contributed by atoms with Crippen LogP contribution in [0.1, 0.15) is 65.7 Å². The summed E-state index contributed by atoms with van der Waals surface area (Å²) < 4.78 is 0. The first kappa shape index (κ1) is 24.7. The fraction of sp³-hybridized carbons (Fsp3) is 0.323. The van der Waals surface area contributed by atoms with E-state index in [1.54, 1.807) is 18.2 Å². The van der Waals surface area contributed by atoms with Gasteiger partial charge >= 0.3 is 5.97 Å². The van der Waals surface area contributed by atoms with Crippen molar-refractivity contribution >= 4 is 34.5 Å². The zero-order valence-electron chi connectivity index (χ0n) is 21.0. The number of halogens is 1. The number of hydrogen-bond acceptors (Lipinski definition) is 3. The number of aromatic amines is 1. The zero-order valence-corrected chi connectivity index (χ0v) is 21.8. The number of nitrogens with one attached hydrogen (secondary N) is 2. The van der Waals surface area contributed by atoms with Crippen LogP contribution in [0.4, 0.5) is 0 Å². The van der Waals surface area contributed by atoms with Crippen LogP contribution in [0.2, 0.25) is 5.02 Å². The van der Waals surface area contributed by atoms with E-state index in [-0.39, 0.29) is 17.5 Å². The predicted octanol–water partition coefficient (Wildman–Crippen LogP) is 7.34. The molecule has 1 aromatic heterocycles. The fourth-order valence-corrected chi connectivity index (χ4v) is 6.24. The van der Waals surface area contributed by atoms with Crippen LogP contribution in [0, 0.1) is 11.8 Å². The van der Waals surface area contributed by atoms with E-state index in [2.05, 4.69) is 10.3 Å². The highest BCUT2D eigenvalue weighted by atomic mass is 35.5. The van der Waals surface area contributed by atoms with E-state index in [0.717, 1.165) is 36.7 Å². The molecule has 1 amide bonds. The van der Waals surface area contributed by atoms with Gasteiger partial charge in [0.1, 0.15) is 5.82 Å². The molecule has 0 saturated heterocycles. The van der Waals surface area contributed by atoms with E-state index in [4.69, 9.17) is 16.6 Å². The second kappa shape index (κ2) is 10.3. The number of imidazole rings is 1. The van der Waals surface area contributed by atoms with Crippen molar-refractivity contribution in [2.75, 3.05) is 0 Å². The number of para-hydroxylation sites is 2. The second-order valence-corrected chi connectivity index (χ2v) is 11.0. The highest BCUT2D eigenvalue weighted by Gasteiger charge is 2.38. The van der Waals surface area contributed by atoms with Gasteiger partial charge in [0, 0.05) is 27.8 Å². The Balaban J connectivity index is 1.36. The molecule has 2 saturated carbocycles. The lowest BCUT2D eigenvalue weighted by Crippen LogP contribution is -2.42.